The summed E-state index contributed by atoms with van der Waals surface area (Å²) in [6, 6.07) is 0. The maximum atomic E-state index is 11.4. The molecule has 0 aliphatic rings. The van der Waals surface area contributed by atoms with Crippen LogP contribution in [-0.4, -0.2) is 34.7 Å². The lowest BCUT2D eigenvalue weighted by Crippen LogP contribution is -2.46. The Morgan fingerprint density at radius 3 is 2.40 bits per heavy atom. The largest absolute Gasteiger partial charge is 0.443 e. The first-order valence-electron chi connectivity index (χ1n) is 4.70. The predicted molar refractivity (Wildman–Crippen MR) is 63.0 cm³/mol. The van der Waals surface area contributed by atoms with Gasteiger partial charge in [0.15, 0.2) is 5.17 Å². The standard InChI is InChI=1S/C9H19N3O2S/c1-6-12(7(10)15-5)11-8(13)14-9(2,3)4/h10H,6H2,1-5H3,(H,11,13). The zero-order chi connectivity index (χ0) is 12.1. The van der Waals surface area contributed by atoms with Crippen molar-refractivity contribution in [2.24, 2.45) is 0 Å². The third-order valence-electron chi connectivity index (χ3n) is 1.38. The number of ether oxygens (including phenoxy) is 1. The fraction of sp³-hybridized carbons (Fsp3) is 0.778. The molecule has 0 spiro atoms. The Balaban J connectivity index is 4.20. The highest BCUT2D eigenvalue weighted by atomic mass is 32.2. The fourth-order valence-electron chi connectivity index (χ4n) is 0.795. The van der Waals surface area contributed by atoms with E-state index in [-0.39, 0.29) is 5.17 Å². The Bertz CT molecular complexity index is 238. The summed E-state index contributed by atoms with van der Waals surface area (Å²) in [5.74, 6) is 0. The van der Waals surface area contributed by atoms with Crippen molar-refractivity contribution < 1.29 is 9.53 Å². The van der Waals surface area contributed by atoms with Crippen LogP contribution in [0, 0.1) is 5.41 Å². The lowest BCUT2D eigenvalue weighted by atomic mass is 10.2. The Morgan fingerprint density at radius 2 is 2.07 bits per heavy atom. The van der Waals surface area contributed by atoms with Gasteiger partial charge in [-0.05, 0) is 34.0 Å². The summed E-state index contributed by atoms with van der Waals surface area (Å²) >= 11 is 1.26. The summed E-state index contributed by atoms with van der Waals surface area (Å²) in [5, 5.41) is 9.25. The van der Waals surface area contributed by atoms with Gasteiger partial charge < -0.3 is 4.74 Å². The molecule has 0 saturated carbocycles. The molecule has 0 heterocycles. The molecular weight excluding hydrogens is 214 g/mol. The van der Waals surface area contributed by atoms with E-state index in [9.17, 15) is 4.79 Å². The molecule has 0 bridgehead atoms. The normalized spacial score (nSPS) is 10.7. The first-order chi connectivity index (χ1) is 6.80. The van der Waals surface area contributed by atoms with Gasteiger partial charge in [0.05, 0.1) is 0 Å². The van der Waals surface area contributed by atoms with Gasteiger partial charge in [-0.25, -0.2) is 10.2 Å². The highest BCUT2D eigenvalue weighted by molar-refractivity contribution is 8.13. The van der Waals surface area contributed by atoms with E-state index >= 15 is 0 Å². The third-order valence-corrected chi connectivity index (χ3v) is 1.99. The van der Waals surface area contributed by atoms with Crippen LogP contribution in [0.15, 0.2) is 0 Å². The second-order valence-electron chi connectivity index (χ2n) is 3.87. The van der Waals surface area contributed by atoms with Gasteiger partial charge in [0.25, 0.3) is 0 Å². The van der Waals surface area contributed by atoms with Crippen LogP contribution in [0.3, 0.4) is 0 Å². The Hall–Kier alpha value is -0.910. The van der Waals surface area contributed by atoms with E-state index in [0.29, 0.717) is 6.54 Å². The van der Waals surface area contributed by atoms with E-state index in [1.54, 1.807) is 27.0 Å². The quantitative estimate of drug-likeness (QED) is 0.413. The van der Waals surface area contributed by atoms with Gasteiger partial charge in [0.2, 0.25) is 0 Å². The second kappa shape index (κ2) is 5.85. The first kappa shape index (κ1) is 14.1. The number of hydrogen-bond acceptors (Lipinski definition) is 4. The van der Waals surface area contributed by atoms with Gasteiger partial charge in [-0.3, -0.25) is 10.4 Å². The highest BCUT2D eigenvalue weighted by Gasteiger charge is 2.18. The van der Waals surface area contributed by atoms with Crippen molar-refractivity contribution in [2.45, 2.75) is 33.3 Å². The minimum Gasteiger partial charge on any atom is -0.443 e. The van der Waals surface area contributed by atoms with Gasteiger partial charge in [-0.15, -0.1) is 0 Å². The SMILES string of the molecule is CCN(NC(=O)OC(C)(C)C)C(=N)SC. The van der Waals surface area contributed by atoms with E-state index in [4.69, 9.17) is 10.1 Å². The van der Waals surface area contributed by atoms with Crippen molar-refractivity contribution in [2.75, 3.05) is 12.8 Å². The molecule has 6 heteroatoms. The first-order valence-corrected chi connectivity index (χ1v) is 5.92. The molecule has 5 nitrogen and oxygen atoms in total. The average molecular weight is 233 g/mol. The van der Waals surface area contributed by atoms with Crippen molar-refractivity contribution in [3.8, 4) is 0 Å². The maximum Gasteiger partial charge on any atom is 0.426 e. The lowest BCUT2D eigenvalue weighted by Gasteiger charge is -2.25. The van der Waals surface area contributed by atoms with Gasteiger partial charge >= 0.3 is 6.09 Å². The summed E-state index contributed by atoms with van der Waals surface area (Å²) in [6.45, 7) is 7.76. The zero-order valence-corrected chi connectivity index (χ0v) is 10.7. The van der Waals surface area contributed by atoms with E-state index in [2.05, 4.69) is 5.43 Å². The summed E-state index contributed by atoms with van der Waals surface area (Å²) in [4.78, 5) is 11.4. The monoisotopic (exact) mass is 233 g/mol. The molecule has 15 heavy (non-hydrogen) atoms. The fourth-order valence-corrected chi connectivity index (χ4v) is 1.19. The van der Waals surface area contributed by atoms with Crippen LogP contribution < -0.4 is 5.43 Å². The maximum absolute atomic E-state index is 11.4. The molecule has 88 valence electrons. The topological polar surface area (TPSA) is 65.4 Å². The molecule has 0 aromatic heterocycles. The van der Waals surface area contributed by atoms with Gasteiger partial charge in [-0.2, -0.15) is 0 Å². The number of hydrogen-bond donors (Lipinski definition) is 2. The smallest absolute Gasteiger partial charge is 0.426 e. The number of amides is 1. The number of carbonyl (C=O) groups is 1. The Kier molecular flexibility index (Phi) is 5.49. The zero-order valence-electron chi connectivity index (χ0n) is 9.88. The molecule has 0 fully saturated rings. The summed E-state index contributed by atoms with van der Waals surface area (Å²) in [6.07, 6.45) is 1.24. The summed E-state index contributed by atoms with van der Waals surface area (Å²) in [7, 11) is 0. The van der Waals surface area contributed by atoms with E-state index in [0.717, 1.165) is 0 Å². The number of hydrazine groups is 1. The van der Waals surface area contributed by atoms with E-state index in [1.165, 1.54) is 16.8 Å². The molecule has 0 aliphatic carbocycles. The molecule has 0 aromatic carbocycles. The molecular formula is C9H19N3O2S. The van der Waals surface area contributed by atoms with Crippen LogP contribution >= 0.6 is 11.8 Å². The van der Waals surface area contributed by atoms with Gasteiger partial charge in [0.1, 0.15) is 5.60 Å². The van der Waals surface area contributed by atoms with Crippen molar-refractivity contribution in [1.29, 1.82) is 5.41 Å². The average Bonchev–Trinajstić information content (AvgIpc) is 2.10. The molecule has 1 amide bonds. The summed E-state index contributed by atoms with van der Waals surface area (Å²) < 4.78 is 5.07. The van der Waals surface area contributed by atoms with E-state index < -0.39 is 11.7 Å². The second-order valence-corrected chi connectivity index (χ2v) is 4.66. The molecule has 0 saturated heterocycles. The van der Waals surface area contributed by atoms with Crippen LogP contribution in [-0.2, 0) is 4.74 Å². The van der Waals surface area contributed by atoms with Gasteiger partial charge in [-0.1, -0.05) is 11.8 Å². The molecule has 0 rings (SSSR count). The van der Waals surface area contributed by atoms with Crippen molar-refractivity contribution >= 4 is 23.0 Å². The Morgan fingerprint density at radius 1 is 1.53 bits per heavy atom. The van der Waals surface area contributed by atoms with Crippen molar-refractivity contribution in [3.05, 3.63) is 0 Å². The number of rotatable bonds is 1. The molecule has 0 radical (unpaired) electrons. The lowest BCUT2D eigenvalue weighted by molar-refractivity contribution is 0.0422. The van der Waals surface area contributed by atoms with Crippen molar-refractivity contribution in [3.63, 3.8) is 0 Å². The molecule has 0 aliphatic heterocycles. The molecule has 0 unspecified atom stereocenters. The number of nitrogens with one attached hydrogen (secondary N) is 2. The third kappa shape index (κ3) is 6.22. The van der Waals surface area contributed by atoms with Crippen LogP contribution in [0.2, 0.25) is 0 Å². The number of thioether (sulfide) groups is 1. The Labute approximate surface area is 95.0 Å². The van der Waals surface area contributed by atoms with Crippen molar-refractivity contribution in [1.82, 2.24) is 10.4 Å². The number of nitrogens with zero attached hydrogens (tertiary/aromatic N) is 1. The van der Waals surface area contributed by atoms with Crippen LogP contribution in [0.25, 0.3) is 0 Å². The molecule has 0 aromatic rings. The highest BCUT2D eigenvalue weighted by Crippen LogP contribution is 2.07. The molecule has 0 atom stereocenters. The van der Waals surface area contributed by atoms with Crippen LogP contribution in [0.1, 0.15) is 27.7 Å². The van der Waals surface area contributed by atoms with Crippen LogP contribution in [0.5, 0.6) is 0 Å². The van der Waals surface area contributed by atoms with Crippen LogP contribution in [0.4, 0.5) is 4.79 Å². The predicted octanol–water partition coefficient (Wildman–Crippen LogP) is 2.05. The minimum atomic E-state index is -0.539. The number of amidine groups is 1. The molecule has 2 N–H and O–H groups in total. The number of carbonyl (C=O) groups excluding carboxylic acids is 1. The summed E-state index contributed by atoms with van der Waals surface area (Å²) in [5.41, 5.74) is 1.98. The minimum absolute atomic E-state index is 0.281. The van der Waals surface area contributed by atoms with Gasteiger partial charge in [0, 0.05) is 6.54 Å². The van der Waals surface area contributed by atoms with E-state index in [1.807, 2.05) is 6.92 Å².